The summed E-state index contributed by atoms with van der Waals surface area (Å²) in [4.78, 5) is 15.7. The number of nitrogens with zero attached hydrogens (tertiary/aromatic N) is 3. The van der Waals surface area contributed by atoms with Gasteiger partial charge in [-0.1, -0.05) is 26.3 Å². The molecule has 1 aromatic heterocycles. The maximum Gasteiger partial charge on any atom is 0.226 e. The van der Waals surface area contributed by atoms with Crippen molar-refractivity contribution in [2.24, 2.45) is 23.2 Å². The number of halogens is 1. The molecule has 4 atom stereocenters. The number of amides is 1. The lowest BCUT2D eigenvalue weighted by atomic mass is 9.69. The molecule has 0 radical (unpaired) electrons. The van der Waals surface area contributed by atoms with Gasteiger partial charge in [0.15, 0.2) is 0 Å². The molecule has 1 saturated carbocycles. The van der Waals surface area contributed by atoms with Crippen LogP contribution in [0.5, 0.6) is 0 Å². The van der Waals surface area contributed by atoms with Crippen LogP contribution in [0.25, 0.3) is 11.8 Å². The summed E-state index contributed by atoms with van der Waals surface area (Å²) >= 11 is 0. The Morgan fingerprint density at radius 3 is 2.57 bits per heavy atom. The van der Waals surface area contributed by atoms with Gasteiger partial charge in [0, 0.05) is 24.4 Å². The first-order chi connectivity index (χ1) is 14.3. The summed E-state index contributed by atoms with van der Waals surface area (Å²) in [6.45, 7) is 8.57. The number of fused-ring (bicyclic) bond motifs is 2. The van der Waals surface area contributed by atoms with E-state index in [1.54, 1.807) is 12.1 Å². The van der Waals surface area contributed by atoms with Crippen LogP contribution in [-0.2, 0) is 11.2 Å². The van der Waals surface area contributed by atoms with Crippen LogP contribution in [0.2, 0.25) is 0 Å². The van der Waals surface area contributed by atoms with Gasteiger partial charge in [-0.2, -0.15) is 5.10 Å². The molecular weight excluding hydrogens is 377 g/mol. The zero-order chi connectivity index (χ0) is 21.0. The molecule has 2 aliphatic carbocycles. The molecule has 0 N–H and O–H groups in total. The molecule has 5 heteroatoms. The normalized spacial score (nSPS) is 30.6. The number of likely N-dealkylation sites (tertiary alicyclic amines) is 1. The summed E-state index contributed by atoms with van der Waals surface area (Å²) in [5.41, 5.74) is 4.33. The first kappa shape index (κ1) is 19.5. The topological polar surface area (TPSA) is 38.1 Å². The first-order valence-corrected chi connectivity index (χ1v) is 11.2. The molecule has 4 nitrogen and oxygen atoms in total. The van der Waals surface area contributed by atoms with E-state index in [9.17, 15) is 9.18 Å². The molecule has 0 bridgehead atoms. The van der Waals surface area contributed by atoms with Gasteiger partial charge >= 0.3 is 0 Å². The minimum atomic E-state index is -0.246. The number of piperidine rings is 1. The van der Waals surface area contributed by atoms with Gasteiger partial charge in [-0.25, -0.2) is 9.07 Å². The fourth-order valence-corrected chi connectivity index (χ4v) is 6.09. The van der Waals surface area contributed by atoms with Crippen molar-refractivity contribution in [1.29, 1.82) is 0 Å². The Morgan fingerprint density at radius 2 is 1.87 bits per heavy atom. The third kappa shape index (κ3) is 3.10. The molecule has 2 unspecified atom stereocenters. The van der Waals surface area contributed by atoms with E-state index in [4.69, 9.17) is 0 Å². The zero-order valence-electron chi connectivity index (χ0n) is 18.1. The van der Waals surface area contributed by atoms with Crippen molar-refractivity contribution in [1.82, 2.24) is 14.7 Å². The quantitative estimate of drug-likeness (QED) is 0.712. The average Bonchev–Trinajstić information content (AvgIpc) is 3.25. The minimum Gasteiger partial charge on any atom is -0.342 e. The van der Waals surface area contributed by atoms with Crippen LogP contribution in [0.1, 0.15) is 51.3 Å². The van der Waals surface area contributed by atoms with Crippen LogP contribution < -0.4 is 0 Å². The van der Waals surface area contributed by atoms with E-state index in [1.807, 2.05) is 10.9 Å². The fourth-order valence-electron chi connectivity index (χ4n) is 6.09. The standard InChI is InChI=1S/C25H30FN3O/c1-16-10-17(2)15-28(14-16)24(30)22-9-4-19-11-23-18(12-25(19,22)3)13-27-29(23)21-7-5-20(26)6-8-21/h5-8,11,13,16-17,22H,4,9-10,12,14-15H2,1-3H3/t16?,17?,22-,25+/m1/s1. The van der Waals surface area contributed by atoms with E-state index in [2.05, 4.69) is 36.8 Å². The molecule has 1 amide bonds. The van der Waals surface area contributed by atoms with Crippen LogP contribution in [0.4, 0.5) is 4.39 Å². The number of rotatable bonds is 2. The van der Waals surface area contributed by atoms with Crippen LogP contribution in [-0.4, -0.2) is 33.7 Å². The Kier molecular flexibility index (Phi) is 4.60. The number of aromatic nitrogens is 2. The number of hydrogen-bond donors (Lipinski definition) is 0. The number of carbonyl (C=O) groups is 1. The Bertz CT molecular complexity index is 998. The van der Waals surface area contributed by atoms with Crippen molar-refractivity contribution in [2.45, 2.75) is 46.5 Å². The predicted octanol–water partition coefficient (Wildman–Crippen LogP) is 4.87. The maximum atomic E-state index is 13.6. The van der Waals surface area contributed by atoms with Crippen LogP contribution in [0, 0.1) is 29.0 Å². The summed E-state index contributed by atoms with van der Waals surface area (Å²) < 4.78 is 15.2. The highest BCUT2D eigenvalue weighted by atomic mass is 19.1. The number of benzene rings is 1. The largest absolute Gasteiger partial charge is 0.342 e. The first-order valence-electron chi connectivity index (χ1n) is 11.2. The average molecular weight is 408 g/mol. The van der Waals surface area contributed by atoms with E-state index < -0.39 is 0 Å². The fraction of sp³-hybridized carbons (Fsp3) is 0.520. The van der Waals surface area contributed by atoms with Crippen molar-refractivity contribution in [3.05, 3.63) is 53.1 Å². The molecule has 30 heavy (non-hydrogen) atoms. The summed E-state index contributed by atoms with van der Waals surface area (Å²) in [5.74, 6) is 1.30. The summed E-state index contributed by atoms with van der Waals surface area (Å²) in [5, 5.41) is 4.59. The van der Waals surface area contributed by atoms with Gasteiger partial charge < -0.3 is 4.90 Å². The Morgan fingerprint density at radius 1 is 1.17 bits per heavy atom. The molecule has 2 heterocycles. The van der Waals surface area contributed by atoms with Gasteiger partial charge in [-0.05, 0) is 73.4 Å². The SMILES string of the molecule is CC1CC(C)CN(C(=O)[C@H]2CCC3=Cc4c(cnn4-c4ccc(F)cc4)C[C@@]32C)C1. The summed E-state index contributed by atoms with van der Waals surface area (Å²) in [6.07, 6.45) is 8.09. The minimum absolute atomic E-state index is 0.0450. The highest BCUT2D eigenvalue weighted by Gasteiger charge is 2.50. The van der Waals surface area contributed by atoms with Crippen LogP contribution in [0.15, 0.2) is 36.0 Å². The third-order valence-electron chi connectivity index (χ3n) is 7.51. The van der Waals surface area contributed by atoms with Gasteiger partial charge in [0.2, 0.25) is 5.91 Å². The van der Waals surface area contributed by atoms with E-state index in [0.717, 1.165) is 43.7 Å². The lowest BCUT2D eigenvalue weighted by molar-refractivity contribution is -0.141. The molecule has 0 spiro atoms. The van der Waals surface area contributed by atoms with E-state index in [1.165, 1.54) is 29.7 Å². The van der Waals surface area contributed by atoms with Gasteiger partial charge in [-0.15, -0.1) is 0 Å². The van der Waals surface area contributed by atoms with E-state index >= 15 is 0 Å². The predicted molar refractivity (Wildman–Crippen MR) is 116 cm³/mol. The summed E-state index contributed by atoms with van der Waals surface area (Å²) in [6, 6.07) is 6.45. The lowest BCUT2D eigenvalue weighted by Gasteiger charge is -2.41. The molecule has 2 aromatic rings. The maximum absolute atomic E-state index is 13.6. The van der Waals surface area contributed by atoms with Gasteiger partial charge in [0.25, 0.3) is 0 Å². The second-order valence-electron chi connectivity index (χ2n) is 9.99. The number of carbonyl (C=O) groups excluding carboxylic acids is 1. The molecule has 1 saturated heterocycles. The zero-order valence-corrected chi connectivity index (χ0v) is 18.1. The van der Waals surface area contributed by atoms with Crippen molar-refractivity contribution in [3.8, 4) is 5.69 Å². The van der Waals surface area contributed by atoms with Crippen LogP contribution in [0.3, 0.4) is 0 Å². The van der Waals surface area contributed by atoms with Crippen molar-refractivity contribution >= 4 is 12.0 Å². The number of allylic oxidation sites excluding steroid dienone is 1. The van der Waals surface area contributed by atoms with E-state index in [0.29, 0.717) is 17.7 Å². The van der Waals surface area contributed by atoms with Crippen molar-refractivity contribution in [3.63, 3.8) is 0 Å². The molecule has 1 aliphatic heterocycles. The van der Waals surface area contributed by atoms with Crippen molar-refractivity contribution < 1.29 is 9.18 Å². The highest BCUT2D eigenvalue weighted by Crippen LogP contribution is 2.53. The molecule has 3 aliphatic rings. The van der Waals surface area contributed by atoms with E-state index in [-0.39, 0.29) is 17.2 Å². The smallest absolute Gasteiger partial charge is 0.226 e. The molecule has 158 valence electrons. The molecular formula is C25H30FN3O. The summed E-state index contributed by atoms with van der Waals surface area (Å²) in [7, 11) is 0. The molecule has 1 aromatic carbocycles. The second kappa shape index (κ2) is 7.07. The van der Waals surface area contributed by atoms with Crippen molar-refractivity contribution in [2.75, 3.05) is 13.1 Å². The number of hydrogen-bond acceptors (Lipinski definition) is 2. The highest BCUT2D eigenvalue weighted by molar-refractivity contribution is 5.82. The monoisotopic (exact) mass is 407 g/mol. The van der Waals surface area contributed by atoms with Gasteiger partial charge in [0.05, 0.1) is 17.6 Å². The molecule has 5 rings (SSSR count). The van der Waals surface area contributed by atoms with Gasteiger partial charge in [-0.3, -0.25) is 4.79 Å². The Hall–Kier alpha value is -2.43. The second-order valence-corrected chi connectivity index (χ2v) is 9.99. The lowest BCUT2D eigenvalue weighted by Crippen LogP contribution is -2.48. The Labute approximate surface area is 177 Å². The van der Waals surface area contributed by atoms with Crippen LogP contribution >= 0.6 is 0 Å². The van der Waals surface area contributed by atoms with Gasteiger partial charge in [0.1, 0.15) is 5.82 Å². The Balaban J connectivity index is 1.44. The molecule has 2 fully saturated rings. The third-order valence-corrected chi connectivity index (χ3v) is 7.51.